The summed E-state index contributed by atoms with van der Waals surface area (Å²) in [5.74, 6) is -0.438. The predicted octanol–water partition coefficient (Wildman–Crippen LogP) is 6.06. The highest BCUT2D eigenvalue weighted by atomic mass is 16.5. The molecule has 0 radical (unpaired) electrons. The molecule has 1 fully saturated rings. The number of piperazine rings is 1. The maximum Gasteiger partial charge on any atom is 0.308 e. The highest BCUT2D eigenvalue weighted by Crippen LogP contribution is 2.35. The second-order valence-electron chi connectivity index (χ2n) is 12.8. The number of hydrogen-bond acceptors (Lipinski definition) is 5. The molecular formula is C32H52N2O5. The largest absolute Gasteiger partial charge is 0.483 e. The fraction of sp³-hybridized carbons (Fsp3) is 0.719. The molecule has 1 saturated heterocycles. The second kappa shape index (κ2) is 15.3. The predicted molar refractivity (Wildman–Crippen MR) is 156 cm³/mol. The quantitative estimate of drug-likeness (QED) is 0.227. The molecule has 1 atom stereocenters. The van der Waals surface area contributed by atoms with E-state index in [1.54, 1.807) is 0 Å². The normalized spacial score (nSPS) is 16.1. The van der Waals surface area contributed by atoms with Crippen molar-refractivity contribution in [2.45, 2.75) is 123 Å². The van der Waals surface area contributed by atoms with Gasteiger partial charge >= 0.3 is 5.97 Å². The summed E-state index contributed by atoms with van der Waals surface area (Å²) in [4.78, 5) is 39.8. The molecule has 39 heavy (non-hydrogen) atoms. The van der Waals surface area contributed by atoms with Crippen LogP contribution in [0.2, 0.25) is 0 Å². The van der Waals surface area contributed by atoms with Crippen LogP contribution in [0.15, 0.2) is 18.2 Å². The van der Waals surface area contributed by atoms with Crippen molar-refractivity contribution in [3.05, 3.63) is 29.3 Å². The topological polar surface area (TPSA) is 84.9 Å². The van der Waals surface area contributed by atoms with Gasteiger partial charge in [-0.1, -0.05) is 106 Å². The van der Waals surface area contributed by atoms with Crippen molar-refractivity contribution in [2.24, 2.45) is 0 Å². The first kappa shape index (κ1) is 32.6. The van der Waals surface area contributed by atoms with Gasteiger partial charge in [0.2, 0.25) is 5.91 Å². The number of nitrogens with one attached hydrogen (secondary N) is 1. The molecule has 1 aliphatic heterocycles. The molecule has 2 amide bonds. The zero-order chi connectivity index (χ0) is 29.1. The van der Waals surface area contributed by atoms with Gasteiger partial charge in [-0.3, -0.25) is 14.4 Å². The monoisotopic (exact) mass is 544 g/mol. The standard InChI is InChI=1S/C32H52N2O5/c1-8-9-10-11-12-13-14-15-20-38-29(36)22-26-30(37)33-18-19-34(26)28(35)23-39-27-17-16-24(31(2,3)4)21-25(27)32(5,6)7/h16-17,21,26H,8-15,18-20,22-23H2,1-7H3,(H,33,37). The molecule has 7 nitrogen and oxygen atoms in total. The maximum absolute atomic E-state index is 13.2. The van der Waals surface area contributed by atoms with E-state index in [0.29, 0.717) is 25.4 Å². The Bertz CT molecular complexity index is 945. The first-order valence-corrected chi connectivity index (χ1v) is 14.8. The molecule has 0 spiro atoms. The Kier molecular flexibility index (Phi) is 12.8. The minimum Gasteiger partial charge on any atom is -0.483 e. The van der Waals surface area contributed by atoms with Gasteiger partial charge in [0.1, 0.15) is 11.8 Å². The molecule has 2 rings (SSSR count). The van der Waals surface area contributed by atoms with Gasteiger partial charge in [-0.15, -0.1) is 0 Å². The van der Waals surface area contributed by atoms with Crippen molar-refractivity contribution in [1.29, 1.82) is 0 Å². The molecule has 220 valence electrons. The summed E-state index contributed by atoms with van der Waals surface area (Å²) in [5, 5.41) is 2.77. The van der Waals surface area contributed by atoms with Gasteiger partial charge < -0.3 is 19.7 Å². The maximum atomic E-state index is 13.2. The van der Waals surface area contributed by atoms with E-state index >= 15 is 0 Å². The SMILES string of the molecule is CCCCCCCCCCOC(=O)CC1C(=O)NCCN1C(=O)COc1ccc(C(C)(C)C)cc1C(C)(C)C. The van der Waals surface area contributed by atoms with Gasteiger partial charge in [-0.25, -0.2) is 0 Å². The van der Waals surface area contributed by atoms with Crippen molar-refractivity contribution in [2.75, 3.05) is 26.3 Å². The van der Waals surface area contributed by atoms with E-state index in [1.165, 1.54) is 42.6 Å². The van der Waals surface area contributed by atoms with E-state index in [0.717, 1.165) is 24.8 Å². The highest BCUT2D eigenvalue weighted by Gasteiger charge is 2.35. The van der Waals surface area contributed by atoms with Gasteiger partial charge in [0.15, 0.2) is 6.61 Å². The van der Waals surface area contributed by atoms with Gasteiger partial charge in [-0.05, 0) is 34.4 Å². The molecule has 1 aromatic carbocycles. The van der Waals surface area contributed by atoms with Crippen molar-refractivity contribution < 1.29 is 23.9 Å². The first-order valence-electron chi connectivity index (χ1n) is 14.8. The lowest BCUT2D eigenvalue weighted by molar-refractivity contribution is -0.152. The second-order valence-corrected chi connectivity index (χ2v) is 12.8. The Labute approximate surface area is 236 Å². The van der Waals surface area contributed by atoms with E-state index < -0.39 is 12.0 Å². The summed E-state index contributed by atoms with van der Waals surface area (Å²) in [6.07, 6.45) is 9.14. The van der Waals surface area contributed by atoms with Crippen LogP contribution in [-0.4, -0.2) is 55.0 Å². The van der Waals surface area contributed by atoms with Crippen LogP contribution in [0.3, 0.4) is 0 Å². The average molecular weight is 545 g/mol. The number of amides is 2. The number of carbonyl (C=O) groups is 3. The third-order valence-corrected chi connectivity index (χ3v) is 7.28. The minimum absolute atomic E-state index is 0.00835. The molecule has 1 N–H and O–H groups in total. The van der Waals surface area contributed by atoms with Crippen molar-refractivity contribution in [1.82, 2.24) is 10.2 Å². The van der Waals surface area contributed by atoms with E-state index in [1.807, 2.05) is 12.1 Å². The number of rotatable bonds is 14. The van der Waals surface area contributed by atoms with E-state index in [4.69, 9.17) is 9.47 Å². The number of carbonyl (C=O) groups excluding carboxylic acids is 3. The lowest BCUT2D eigenvalue weighted by Gasteiger charge is -2.34. The van der Waals surface area contributed by atoms with E-state index in [2.05, 4.69) is 59.8 Å². The van der Waals surface area contributed by atoms with Crippen molar-refractivity contribution >= 4 is 17.8 Å². The van der Waals surface area contributed by atoms with E-state index in [9.17, 15) is 14.4 Å². The highest BCUT2D eigenvalue weighted by molar-refractivity contribution is 5.92. The zero-order valence-corrected chi connectivity index (χ0v) is 25.5. The lowest BCUT2D eigenvalue weighted by Crippen LogP contribution is -2.58. The molecule has 0 aliphatic carbocycles. The average Bonchev–Trinajstić information content (AvgIpc) is 2.86. The van der Waals surface area contributed by atoms with Crippen LogP contribution in [0.4, 0.5) is 0 Å². The fourth-order valence-electron chi connectivity index (χ4n) is 4.79. The van der Waals surface area contributed by atoms with Crippen LogP contribution in [0.25, 0.3) is 0 Å². The Hall–Kier alpha value is -2.57. The number of esters is 1. The molecular weight excluding hydrogens is 492 g/mol. The van der Waals surface area contributed by atoms with Crippen molar-refractivity contribution in [3.8, 4) is 5.75 Å². The first-order chi connectivity index (χ1) is 18.3. The minimum atomic E-state index is -0.883. The molecule has 0 saturated carbocycles. The molecule has 1 heterocycles. The van der Waals surface area contributed by atoms with Crippen LogP contribution in [-0.2, 0) is 30.0 Å². The summed E-state index contributed by atoms with van der Waals surface area (Å²) < 4.78 is 11.4. The van der Waals surface area contributed by atoms with Crippen LogP contribution in [0.1, 0.15) is 117 Å². The fourth-order valence-corrected chi connectivity index (χ4v) is 4.79. The number of ether oxygens (including phenoxy) is 2. The Morgan fingerprint density at radius 1 is 0.949 bits per heavy atom. The van der Waals surface area contributed by atoms with Gasteiger partial charge in [0.05, 0.1) is 13.0 Å². The third-order valence-electron chi connectivity index (χ3n) is 7.28. The Balaban J connectivity index is 1.91. The van der Waals surface area contributed by atoms with Gasteiger partial charge in [-0.2, -0.15) is 0 Å². The number of unbranched alkanes of at least 4 members (excludes halogenated alkanes) is 7. The molecule has 1 aromatic rings. The van der Waals surface area contributed by atoms with Crippen LogP contribution in [0, 0.1) is 0 Å². The van der Waals surface area contributed by atoms with Gasteiger partial charge in [0.25, 0.3) is 5.91 Å². The number of nitrogens with zero attached hydrogens (tertiary/aromatic N) is 1. The summed E-state index contributed by atoms with van der Waals surface area (Å²) in [6.45, 7) is 15.9. The summed E-state index contributed by atoms with van der Waals surface area (Å²) >= 11 is 0. The summed E-state index contributed by atoms with van der Waals surface area (Å²) in [7, 11) is 0. The van der Waals surface area contributed by atoms with Crippen LogP contribution in [0.5, 0.6) is 5.75 Å². The summed E-state index contributed by atoms with van der Waals surface area (Å²) in [5.41, 5.74) is 2.04. The molecule has 1 aliphatic rings. The third kappa shape index (κ3) is 10.8. The molecule has 0 bridgehead atoms. The van der Waals surface area contributed by atoms with Crippen molar-refractivity contribution in [3.63, 3.8) is 0 Å². The molecule has 7 heteroatoms. The molecule has 1 unspecified atom stereocenters. The van der Waals surface area contributed by atoms with Crippen LogP contribution < -0.4 is 10.1 Å². The summed E-state index contributed by atoms with van der Waals surface area (Å²) in [6, 6.07) is 5.23. The van der Waals surface area contributed by atoms with Gasteiger partial charge in [0, 0.05) is 13.1 Å². The Morgan fingerprint density at radius 2 is 1.59 bits per heavy atom. The zero-order valence-electron chi connectivity index (χ0n) is 25.5. The van der Waals surface area contributed by atoms with E-state index in [-0.39, 0.29) is 35.7 Å². The lowest BCUT2D eigenvalue weighted by atomic mass is 9.80. The number of benzene rings is 1. The molecule has 0 aromatic heterocycles. The number of hydrogen-bond donors (Lipinski definition) is 1. The Morgan fingerprint density at radius 3 is 2.21 bits per heavy atom. The van der Waals surface area contributed by atoms with Crippen LogP contribution >= 0.6 is 0 Å². The smallest absolute Gasteiger partial charge is 0.308 e.